The quantitative estimate of drug-likeness (QED) is 0.739. The van der Waals surface area contributed by atoms with Crippen LogP contribution in [-0.2, 0) is 32.6 Å². The van der Waals surface area contributed by atoms with Gasteiger partial charge in [-0.05, 0) is 35.9 Å². The van der Waals surface area contributed by atoms with E-state index in [-0.39, 0.29) is 29.7 Å². The Bertz CT molecular complexity index is 997. The summed E-state index contributed by atoms with van der Waals surface area (Å²) < 4.78 is 32.2. The summed E-state index contributed by atoms with van der Waals surface area (Å²) in [6.07, 6.45) is 1.77. The zero-order chi connectivity index (χ0) is 21.2. The molecule has 0 aliphatic carbocycles. The third-order valence-corrected chi connectivity index (χ3v) is 7.08. The molecule has 1 N–H and O–H groups in total. The number of carbonyl (C=O) groups excluding carboxylic acids is 2. The normalized spacial score (nSPS) is 16.1. The number of sulfonamides is 1. The lowest BCUT2D eigenvalue weighted by Crippen LogP contribution is -2.47. The third kappa shape index (κ3) is 4.06. The van der Waals surface area contributed by atoms with Gasteiger partial charge in [0.1, 0.15) is 11.8 Å². The topological polar surface area (TPSA) is 99.9 Å². The number of fused-ring (bicyclic) bond motifs is 1. The number of furan rings is 1. The van der Waals surface area contributed by atoms with Crippen LogP contribution in [-0.4, -0.2) is 43.7 Å². The zero-order valence-electron chi connectivity index (χ0n) is 16.7. The summed E-state index contributed by atoms with van der Waals surface area (Å²) in [6, 6.07) is 7.41. The van der Waals surface area contributed by atoms with Gasteiger partial charge in [0.15, 0.2) is 0 Å². The first kappa shape index (κ1) is 21.1. The molecule has 0 bridgehead atoms. The van der Waals surface area contributed by atoms with Crippen LogP contribution >= 0.6 is 0 Å². The Hall–Kier alpha value is -2.65. The van der Waals surface area contributed by atoms with Gasteiger partial charge in [0, 0.05) is 32.1 Å². The second kappa shape index (κ2) is 8.38. The summed E-state index contributed by atoms with van der Waals surface area (Å²) in [4.78, 5) is 26.6. The molecule has 0 unspecified atom stereocenters. The number of nitrogens with one attached hydrogen (secondary N) is 1. The summed E-state index contributed by atoms with van der Waals surface area (Å²) in [6.45, 7) is 5.91. The van der Waals surface area contributed by atoms with E-state index in [2.05, 4.69) is 5.32 Å². The van der Waals surface area contributed by atoms with Crippen molar-refractivity contribution >= 4 is 27.5 Å². The lowest BCUT2D eigenvalue weighted by atomic mass is 10.1. The number of anilines is 1. The first-order valence-electron chi connectivity index (χ1n) is 9.52. The summed E-state index contributed by atoms with van der Waals surface area (Å²) >= 11 is 0. The van der Waals surface area contributed by atoms with Crippen molar-refractivity contribution in [3.8, 4) is 0 Å². The van der Waals surface area contributed by atoms with Crippen LogP contribution in [0.5, 0.6) is 0 Å². The molecule has 29 heavy (non-hydrogen) atoms. The molecule has 0 saturated carbocycles. The van der Waals surface area contributed by atoms with Gasteiger partial charge in [-0.3, -0.25) is 14.5 Å². The lowest BCUT2D eigenvalue weighted by molar-refractivity contribution is -0.125. The monoisotopic (exact) mass is 419 g/mol. The average Bonchev–Trinajstić information content (AvgIpc) is 3.33. The molecule has 0 spiro atoms. The van der Waals surface area contributed by atoms with E-state index in [0.29, 0.717) is 30.1 Å². The van der Waals surface area contributed by atoms with Crippen LogP contribution < -0.4 is 10.2 Å². The summed E-state index contributed by atoms with van der Waals surface area (Å²) in [5.74, 6) is 0.0121. The molecule has 0 fully saturated rings. The third-order valence-electron chi connectivity index (χ3n) is 5.04. The van der Waals surface area contributed by atoms with Gasteiger partial charge < -0.3 is 9.73 Å². The molecule has 3 rings (SSSR count). The van der Waals surface area contributed by atoms with Crippen LogP contribution in [0, 0.1) is 0 Å². The van der Waals surface area contributed by atoms with Gasteiger partial charge in [-0.15, -0.1) is 0 Å². The summed E-state index contributed by atoms with van der Waals surface area (Å²) in [7, 11) is -3.62. The number of carbonyl (C=O) groups is 2. The van der Waals surface area contributed by atoms with Gasteiger partial charge in [0.2, 0.25) is 21.8 Å². The van der Waals surface area contributed by atoms with Crippen molar-refractivity contribution in [2.75, 3.05) is 18.0 Å². The molecular weight excluding hydrogens is 394 g/mol. The van der Waals surface area contributed by atoms with E-state index >= 15 is 0 Å². The van der Waals surface area contributed by atoms with Crippen LogP contribution in [0.25, 0.3) is 0 Å². The van der Waals surface area contributed by atoms with E-state index in [4.69, 9.17) is 4.42 Å². The molecule has 1 aromatic heterocycles. The molecule has 0 radical (unpaired) electrons. The molecule has 2 heterocycles. The van der Waals surface area contributed by atoms with E-state index in [9.17, 15) is 18.0 Å². The highest BCUT2D eigenvalue weighted by molar-refractivity contribution is 7.89. The Balaban J connectivity index is 1.86. The Morgan fingerprint density at radius 1 is 1.24 bits per heavy atom. The fourth-order valence-corrected chi connectivity index (χ4v) is 5.11. The fourth-order valence-electron chi connectivity index (χ4n) is 3.61. The second-order valence-corrected chi connectivity index (χ2v) is 8.72. The molecule has 8 nitrogen and oxygen atoms in total. The number of amides is 2. The Kier molecular flexibility index (Phi) is 6.09. The van der Waals surface area contributed by atoms with Crippen LogP contribution in [0.2, 0.25) is 0 Å². The highest BCUT2D eigenvalue weighted by atomic mass is 32.2. The summed E-state index contributed by atoms with van der Waals surface area (Å²) in [5, 5.41) is 2.77. The van der Waals surface area contributed by atoms with Crippen LogP contribution in [0.4, 0.5) is 5.69 Å². The van der Waals surface area contributed by atoms with Gasteiger partial charge in [-0.2, -0.15) is 4.31 Å². The molecule has 1 aliphatic heterocycles. The van der Waals surface area contributed by atoms with Crippen molar-refractivity contribution in [3.05, 3.63) is 47.9 Å². The van der Waals surface area contributed by atoms with Crippen LogP contribution in [0.15, 0.2) is 45.9 Å². The van der Waals surface area contributed by atoms with Crippen molar-refractivity contribution in [1.29, 1.82) is 0 Å². The maximum Gasteiger partial charge on any atom is 0.243 e. The first-order chi connectivity index (χ1) is 13.8. The molecule has 2 amide bonds. The molecule has 1 aromatic carbocycles. The van der Waals surface area contributed by atoms with Gasteiger partial charge in [0.05, 0.1) is 17.7 Å². The number of rotatable bonds is 7. The highest BCUT2D eigenvalue weighted by Gasteiger charge is 2.38. The fraction of sp³-hybridized carbons (Fsp3) is 0.400. The number of hydrogen-bond donors (Lipinski definition) is 1. The first-order valence-corrected chi connectivity index (χ1v) is 11.0. The average molecular weight is 420 g/mol. The molecule has 156 valence electrons. The van der Waals surface area contributed by atoms with Crippen molar-refractivity contribution < 1.29 is 22.4 Å². The van der Waals surface area contributed by atoms with Gasteiger partial charge in [-0.1, -0.05) is 13.8 Å². The number of benzene rings is 1. The van der Waals surface area contributed by atoms with Gasteiger partial charge in [0.25, 0.3) is 0 Å². The predicted molar refractivity (Wildman–Crippen MR) is 108 cm³/mol. The SMILES string of the molecule is CCN(CC)S(=O)(=O)c1ccc2c(c1)C[C@@H](C(=O)NCc1ccco1)N2C(C)=O. The lowest BCUT2D eigenvalue weighted by Gasteiger charge is -2.23. The predicted octanol–water partition coefficient (Wildman–Crippen LogP) is 1.90. The minimum atomic E-state index is -3.62. The van der Waals surface area contributed by atoms with Crippen molar-refractivity contribution in [2.24, 2.45) is 0 Å². The van der Waals surface area contributed by atoms with Gasteiger partial charge in [-0.25, -0.2) is 8.42 Å². The number of hydrogen-bond acceptors (Lipinski definition) is 5. The molecule has 9 heteroatoms. The second-order valence-electron chi connectivity index (χ2n) is 6.79. The van der Waals surface area contributed by atoms with Crippen molar-refractivity contribution in [3.63, 3.8) is 0 Å². The van der Waals surface area contributed by atoms with Crippen molar-refractivity contribution in [1.82, 2.24) is 9.62 Å². The molecular formula is C20H25N3O5S. The van der Waals surface area contributed by atoms with Crippen LogP contribution in [0.3, 0.4) is 0 Å². The highest BCUT2D eigenvalue weighted by Crippen LogP contribution is 2.35. The van der Waals surface area contributed by atoms with E-state index in [0.717, 1.165) is 0 Å². The molecule has 1 aliphatic rings. The Morgan fingerprint density at radius 2 is 1.97 bits per heavy atom. The minimum Gasteiger partial charge on any atom is -0.467 e. The van der Waals surface area contributed by atoms with E-state index in [1.807, 2.05) is 0 Å². The zero-order valence-corrected chi connectivity index (χ0v) is 17.5. The Labute approximate surface area is 170 Å². The van der Waals surface area contributed by atoms with Crippen LogP contribution in [0.1, 0.15) is 32.1 Å². The van der Waals surface area contributed by atoms with E-state index < -0.39 is 16.1 Å². The smallest absolute Gasteiger partial charge is 0.243 e. The Morgan fingerprint density at radius 3 is 2.55 bits per heavy atom. The maximum absolute atomic E-state index is 12.8. The number of nitrogens with zero attached hydrogens (tertiary/aromatic N) is 2. The molecule has 0 saturated heterocycles. The van der Waals surface area contributed by atoms with Crippen molar-refractivity contribution in [2.45, 2.75) is 44.7 Å². The van der Waals surface area contributed by atoms with Gasteiger partial charge >= 0.3 is 0 Å². The standard InChI is InChI=1S/C20H25N3O5S/c1-4-22(5-2)29(26,27)17-8-9-18-15(11-17)12-19(23(18)14(3)24)20(25)21-13-16-7-6-10-28-16/h6-11,19H,4-5,12-13H2,1-3H3,(H,21,25)/t19-/m0/s1. The largest absolute Gasteiger partial charge is 0.467 e. The van der Waals surface area contributed by atoms with E-state index in [1.54, 1.807) is 38.1 Å². The molecule has 2 aromatic rings. The summed E-state index contributed by atoms with van der Waals surface area (Å²) in [5.41, 5.74) is 1.22. The maximum atomic E-state index is 12.8. The van der Waals surface area contributed by atoms with E-state index in [1.165, 1.54) is 28.5 Å². The minimum absolute atomic E-state index is 0.167. The molecule has 1 atom stereocenters.